The van der Waals surface area contributed by atoms with Crippen LogP contribution in [0.4, 0.5) is 0 Å². The van der Waals surface area contributed by atoms with Crippen LogP contribution in [-0.2, 0) is 28.6 Å². The SMILES string of the molecule is CC/C=C/C/C=C/C/C=C/C/C=C/C/C=C/CCCC(=O)OCC(COCCC(C(=O)[O-])[N+](C)(C)C)OC(=O)CCCCCCCCCCC/C=C/C/C=C/C/C=C/C/C=C/CC. The maximum Gasteiger partial charge on any atom is 0.306 e. The van der Waals surface area contributed by atoms with Gasteiger partial charge in [-0.1, -0.05) is 168 Å². The number of rotatable bonds is 42. The van der Waals surface area contributed by atoms with Gasteiger partial charge in [-0.15, -0.1) is 0 Å². The van der Waals surface area contributed by atoms with E-state index in [0.29, 0.717) is 12.8 Å². The number of quaternary nitrogens is 1. The van der Waals surface area contributed by atoms with Crippen molar-refractivity contribution in [3.8, 4) is 0 Å². The van der Waals surface area contributed by atoms with Gasteiger partial charge in [-0.25, -0.2) is 0 Å². The summed E-state index contributed by atoms with van der Waals surface area (Å²) in [5, 5.41) is 11.7. The van der Waals surface area contributed by atoms with Gasteiger partial charge in [0.05, 0.1) is 40.3 Å². The van der Waals surface area contributed by atoms with E-state index in [1.807, 2.05) is 0 Å². The number of likely N-dealkylation sites (N-methyl/N-ethyl adjacent to an activating group) is 1. The summed E-state index contributed by atoms with van der Waals surface area (Å²) in [6.07, 6.45) is 61.2. The highest BCUT2D eigenvalue weighted by Gasteiger charge is 2.25. The average molecular weight is 876 g/mol. The predicted octanol–water partition coefficient (Wildman–Crippen LogP) is 12.7. The maximum absolute atomic E-state index is 12.8. The van der Waals surface area contributed by atoms with Gasteiger partial charge in [0, 0.05) is 19.3 Å². The van der Waals surface area contributed by atoms with E-state index in [4.69, 9.17) is 14.2 Å². The molecule has 0 aliphatic rings. The van der Waals surface area contributed by atoms with Gasteiger partial charge in [0.25, 0.3) is 0 Å². The summed E-state index contributed by atoms with van der Waals surface area (Å²) < 4.78 is 17.1. The van der Waals surface area contributed by atoms with Gasteiger partial charge in [-0.2, -0.15) is 0 Å². The number of hydrogen-bond donors (Lipinski definition) is 0. The highest BCUT2D eigenvalue weighted by Crippen LogP contribution is 2.13. The first-order valence-electron chi connectivity index (χ1n) is 24.4. The minimum atomic E-state index is -1.14. The van der Waals surface area contributed by atoms with Crippen molar-refractivity contribution in [1.29, 1.82) is 0 Å². The van der Waals surface area contributed by atoms with Gasteiger partial charge < -0.3 is 28.6 Å². The van der Waals surface area contributed by atoms with Crippen LogP contribution in [0.15, 0.2) is 109 Å². The second kappa shape index (κ2) is 44.6. The smallest absolute Gasteiger partial charge is 0.306 e. The van der Waals surface area contributed by atoms with Crippen LogP contribution in [0.3, 0.4) is 0 Å². The summed E-state index contributed by atoms with van der Waals surface area (Å²) in [5.74, 6) is -1.83. The van der Waals surface area contributed by atoms with Crippen LogP contribution in [0.25, 0.3) is 0 Å². The molecule has 2 atom stereocenters. The number of unbranched alkanes of at least 4 members (excludes halogenated alkanes) is 10. The summed E-state index contributed by atoms with van der Waals surface area (Å²) in [5.41, 5.74) is 0. The second-order valence-corrected chi connectivity index (χ2v) is 16.9. The molecule has 8 heteroatoms. The van der Waals surface area contributed by atoms with Crippen LogP contribution in [0.1, 0.15) is 168 Å². The lowest BCUT2D eigenvalue weighted by atomic mass is 10.1. The fraction of sp³-hybridized carbons (Fsp3) is 0.618. The monoisotopic (exact) mass is 876 g/mol. The van der Waals surface area contributed by atoms with E-state index in [-0.39, 0.29) is 49.1 Å². The molecule has 0 amide bonds. The first kappa shape index (κ1) is 59.0. The standard InChI is InChI=1S/C55H89NO7/c1-6-8-10-12-14-16-18-20-22-24-25-26-27-28-30-32-34-36-38-40-42-44-46-54(58)63-51(49-61-48-47-52(55(59)60)56(3,4)5)50-62-53(57)45-43-41-39-37-35-33-31-29-23-21-19-17-15-13-11-9-7-2/h8-11,14-17,20-23,25-26,31,33,37,39,51-52H,6-7,12-13,18-19,24,27-30,32,34-36,38,40-50H2,1-5H3/b10-8+,11-9+,16-14+,17-15+,22-20+,23-21+,26-25+,33-31+,39-37+. The minimum Gasteiger partial charge on any atom is -0.544 e. The van der Waals surface area contributed by atoms with Crippen LogP contribution >= 0.6 is 0 Å². The normalized spacial score (nSPS) is 13.9. The van der Waals surface area contributed by atoms with Gasteiger partial charge in [-0.3, -0.25) is 9.59 Å². The summed E-state index contributed by atoms with van der Waals surface area (Å²) in [4.78, 5) is 37.0. The third-order valence-electron chi connectivity index (χ3n) is 10.2. The van der Waals surface area contributed by atoms with E-state index >= 15 is 0 Å². The number of carboxylic acids is 1. The van der Waals surface area contributed by atoms with Crippen LogP contribution in [-0.4, -0.2) is 75.5 Å². The number of nitrogens with zero attached hydrogens (tertiary/aromatic N) is 1. The third kappa shape index (κ3) is 43.0. The Bertz CT molecular complexity index is 1390. The van der Waals surface area contributed by atoms with Crippen molar-refractivity contribution in [3.63, 3.8) is 0 Å². The number of carbonyl (C=O) groups excluding carboxylic acids is 3. The van der Waals surface area contributed by atoms with Gasteiger partial charge >= 0.3 is 11.9 Å². The molecule has 0 rings (SSSR count). The van der Waals surface area contributed by atoms with Crippen molar-refractivity contribution in [2.45, 2.75) is 180 Å². The van der Waals surface area contributed by atoms with Crippen molar-refractivity contribution in [3.05, 3.63) is 109 Å². The Morgan fingerprint density at radius 1 is 0.476 bits per heavy atom. The Morgan fingerprint density at radius 3 is 1.29 bits per heavy atom. The number of allylic oxidation sites excluding steroid dienone is 18. The van der Waals surface area contributed by atoms with Crippen LogP contribution in [0.2, 0.25) is 0 Å². The molecule has 2 unspecified atom stereocenters. The molecular formula is C55H89NO7. The van der Waals surface area contributed by atoms with Gasteiger partial charge in [0.1, 0.15) is 12.6 Å². The molecule has 0 spiro atoms. The zero-order valence-electron chi connectivity index (χ0n) is 40.4. The number of carboxylic acid groups (broad SMARTS) is 1. The average Bonchev–Trinajstić information content (AvgIpc) is 3.24. The fourth-order valence-electron chi connectivity index (χ4n) is 6.45. The lowest BCUT2D eigenvalue weighted by molar-refractivity contribution is -0.889. The van der Waals surface area contributed by atoms with Crippen molar-refractivity contribution >= 4 is 17.9 Å². The number of esters is 2. The van der Waals surface area contributed by atoms with Gasteiger partial charge in [0.15, 0.2) is 6.10 Å². The van der Waals surface area contributed by atoms with E-state index in [1.165, 1.54) is 38.5 Å². The highest BCUT2D eigenvalue weighted by atomic mass is 16.6. The quantitative estimate of drug-likeness (QED) is 0.0260. The molecule has 0 fully saturated rings. The molecule has 0 aliphatic carbocycles. The Morgan fingerprint density at radius 2 is 0.857 bits per heavy atom. The molecule has 0 heterocycles. The zero-order chi connectivity index (χ0) is 46.3. The Labute approximate surface area is 385 Å². The Kier molecular flexibility index (Phi) is 41.8. The van der Waals surface area contributed by atoms with E-state index in [1.54, 1.807) is 21.1 Å². The van der Waals surface area contributed by atoms with Crippen LogP contribution in [0.5, 0.6) is 0 Å². The summed E-state index contributed by atoms with van der Waals surface area (Å²) in [7, 11) is 5.38. The molecule has 8 nitrogen and oxygen atoms in total. The van der Waals surface area contributed by atoms with E-state index < -0.39 is 18.1 Å². The van der Waals surface area contributed by atoms with Gasteiger partial charge in [0.2, 0.25) is 0 Å². The molecule has 0 aromatic rings. The Hall–Kier alpha value is -4.01. The maximum atomic E-state index is 12.8. The molecule has 0 saturated heterocycles. The number of hydrogen-bond acceptors (Lipinski definition) is 7. The van der Waals surface area contributed by atoms with E-state index in [9.17, 15) is 19.5 Å². The van der Waals surface area contributed by atoms with Crippen LogP contribution < -0.4 is 5.11 Å². The number of aliphatic carboxylic acids is 1. The lowest BCUT2D eigenvalue weighted by Gasteiger charge is -2.34. The minimum absolute atomic E-state index is 0.0133. The van der Waals surface area contributed by atoms with E-state index in [0.717, 1.165) is 89.9 Å². The van der Waals surface area contributed by atoms with Crippen molar-refractivity contribution in [1.82, 2.24) is 0 Å². The topological polar surface area (TPSA) is 102 Å². The highest BCUT2D eigenvalue weighted by molar-refractivity contribution is 5.70. The van der Waals surface area contributed by atoms with Crippen molar-refractivity contribution in [2.75, 3.05) is 41.0 Å². The molecule has 0 N–H and O–H groups in total. The third-order valence-corrected chi connectivity index (χ3v) is 10.2. The molecule has 0 aromatic carbocycles. The zero-order valence-corrected chi connectivity index (χ0v) is 40.4. The number of ether oxygens (including phenoxy) is 3. The molecule has 0 saturated carbocycles. The largest absolute Gasteiger partial charge is 0.544 e. The summed E-state index contributed by atoms with van der Waals surface area (Å²) in [6.45, 7) is 4.35. The molecule has 0 bridgehead atoms. The fourth-order valence-corrected chi connectivity index (χ4v) is 6.45. The summed E-state index contributed by atoms with van der Waals surface area (Å²) >= 11 is 0. The lowest BCUT2D eigenvalue weighted by Crippen LogP contribution is -2.55. The van der Waals surface area contributed by atoms with Crippen molar-refractivity contribution < 1.29 is 38.2 Å². The Balaban J connectivity index is 4.38. The molecule has 0 radical (unpaired) electrons. The van der Waals surface area contributed by atoms with Crippen LogP contribution in [0, 0.1) is 0 Å². The number of carbonyl (C=O) groups is 3. The molecule has 63 heavy (non-hydrogen) atoms. The first-order valence-corrected chi connectivity index (χ1v) is 24.4. The predicted molar refractivity (Wildman–Crippen MR) is 263 cm³/mol. The van der Waals surface area contributed by atoms with Gasteiger partial charge in [-0.05, 0) is 89.9 Å². The molecule has 0 aliphatic heterocycles. The van der Waals surface area contributed by atoms with Crippen molar-refractivity contribution in [2.24, 2.45) is 0 Å². The molecule has 356 valence electrons. The molecular weight excluding hydrogens is 787 g/mol. The first-order chi connectivity index (χ1) is 30.6. The second-order valence-electron chi connectivity index (χ2n) is 16.9. The summed E-state index contributed by atoms with van der Waals surface area (Å²) in [6, 6.07) is -0.742. The molecule has 0 aromatic heterocycles. The van der Waals surface area contributed by atoms with E-state index in [2.05, 4.69) is 123 Å².